The van der Waals surface area contributed by atoms with Crippen molar-refractivity contribution in [1.82, 2.24) is 9.97 Å². The van der Waals surface area contributed by atoms with E-state index in [4.69, 9.17) is 9.47 Å². The number of ether oxygens (including phenoxy) is 3. The minimum Gasteiger partial charge on any atom is -0.481 e. The Balaban J connectivity index is 3.11. The van der Waals surface area contributed by atoms with E-state index < -0.39 is 27.1 Å². The van der Waals surface area contributed by atoms with Crippen molar-refractivity contribution in [3.05, 3.63) is 6.07 Å². The van der Waals surface area contributed by atoms with E-state index in [1.54, 1.807) is 0 Å². The van der Waals surface area contributed by atoms with Gasteiger partial charge in [-0.15, -0.1) is 0 Å². The van der Waals surface area contributed by atoms with Crippen molar-refractivity contribution < 1.29 is 27.4 Å². The highest BCUT2D eigenvalue weighted by Gasteiger charge is 2.19. The molecule has 0 saturated carbocycles. The summed E-state index contributed by atoms with van der Waals surface area (Å²) in [6.07, 6.45) is 0.0203. The summed E-state index contributed by atoms with van der Waals surface area (Å²) >= 11 is 0. The summed E-state index contributed by atoms with van der Waals surface area (Å²) in [5.74, 6) is -0.689. The van der Waals surface area contributed by atoms with E-state index in [1.807, 2.05) is 0 Å². The van der Waals surface area contributed by atoms with E-state index in [1.165, 1.54) is 27.2 Å². The van der Waals surface area contributed by atoms with Crippen molar-refractivity contribution in [1.29, 1.82) is 0 Å². The van der Waals surface area contributed by atoms with E-state index in [9.17, 15) is 13.2 Å². The molecule has 0 bridgehead atoms. The van der Waals surface area contributed by atoms with Crippen molar-refractivity contribution in [2.24, 2.45) is 0 Å². The maximum absolute atomic E-state index is 11.4. The molecule has 19 heavy (non-hydrogen) atoms. The molecule has 1 aromatic rings. The molecule has 0 spiro atoms. The average molecular weight is 290 g/mol. The van der Waals surface area contributed by atoms with Crippen LogP contribution in [0.4, 0.5) is 0 Å². The highest BCUT2D eigenvalue weighted by molar-refractivity contribution is 7.90. The van der Waals surface area contributed by atoms with Gasteiger partial charge in [0.1, 0.15) is 0 Å². The van der Waals surface area contributed by atoms with Crippen LogP contribution in [0.1, 0.15) is 6.92 Å². The number of rotatable bonds is 5. The Hall–Kier alpha value is -1.90. The van der Waals surface area contributed by atoms with Gasteiger partial charge in [0.25, 0.3) is 5.16 Å². The molecule has 1 aromatic heterocycles. The van der Waals surface area contributed by atoms with Crippen LogP contribution >= 0.6 is 0 Å². The van der Waals surface area contributed by atoms with Crippen LogP contribution in [0.2, 0.25) is 0 Å². The predicted octanol–water partition coefficient (Wildman–Crippen LogP) is -0.171. The van der Waals surface area contributed by atoms with Crippen LogP contribution in [-0.4, -0.2) is 50.9 Å². The minimum atomic E-state index is -3.62. The number of carbonyl (C=O) groups is 1. The van der Waals surface area contributed by atoms with Crippen LogP contribution in [0.5, 0.6) is 11.8 Å². The maximum atomic E-state index is 11.4. The SMILES string of the molecule is COC(=O)C(C)Oc1cc(OC)nc(S(C)(=O)=O)n1. The quantitative estimate of drug-likeness (QED) is 0.543. The fourth-order valence-corrected chi connectivity index (χ4v) is 1.62. The van der Waals surface area contributed by atoms with E-state index in [0.717, 1.165) is 6.26 Å². The zero-order valence-electron chi connectivity index (χ0n) is 10.9. The van der Waals surface area contributed by atoms with Crippen molar-refractivity contribution in [3.63, 3.8) is 0 Å². The second-order valence-electron chi connectivity index (χ2n) is 3.59. The van der Waals surface area contributed by atoms with Gasteiger partial charge in [-0.05, 0) is 6.92 Å². The van der Waals surface area contributed by atoms with Crippen LogP contribution in [-0.2, 0) is 19.4 Å². The smallest absolute Gasteiger partial charge is 0.346 e. The Morgan fingerprint density at radius 1 is 1.26 bits per heavy atom. The van der Waals surface area contributed by atoms with Gasteiger partial charge in [0.05, 0.1) is 20.3 Å². The Morgan fingerprint density at radius 3 is 2.32 bits per heavy atom. The van der Waals surface area contributed by atoms with Crippen molar-refractivity contribution >= 4 is 15.8 Å². The molecule has 0 saturated heterocycles. The molecule has 0 N–H and O–H groups in total. The van der Waals surface area contributed by atoms with Crippen molar-refractivity contribution in [3.8, 4) is 11.8 Å². The number of sulfone groups is 1. The molecule has 8 nitrogen and oxygen atoms in total. The fraction of sp³-hybridized carbons (Fsp3) is 0.500. The molecule has 9 heteroatoms. The van der Waals surface area contributed by atoms with Gasteiger partial charge in [-0.1, -0.05) is 0 Å². The summed E-state index contributed by atoms with van der Waals surface area (Å²) in [6, 6.07) is 1.27. The summed E-state index contributed by atoms with van der Waals surface area (Å²) in [7, 11) is -1.08. The molecule has 1 atom stereocenters. The molecular formula is C10H14N2O6S. The van der Waals surface area contributed by atoms with Gasteiger partial charge in [0.15, 0.2) is 6.10 Å². The Labute approximate surface area is 110 Å². The number of hydrogen-bond acceptors (Lipinski definition) is 8. The Bertz CT molecular complexity index is 571. The second kappa shape index (κ2) is 5.83. The highest BCUT2D eigenvalue weighted by atomic mass is 32.2. The number of aromatic nitrogens is 2. The first-order valence-electron chi connectivity index (χ1n) is 5.15. The molecule has 0 aliphatic rings. The molecule has 1 rings (SSSR count). The zero-order valence-corrected chi connectivity index (χ0v) is 11.7. The molecule has 0 aliphatic carbocycles. The molecule has 0 amide bonds. The van der Waals surface area contributed by atoms with Gasteiger partial charge in [0.2, 0.25) is 21.6 Å². The lowest BCUT2D eigenvalue weighted by atomic mass is 10.4. The third-order valence-electron chi connectivity index (χ3n) is 2.03. The summed E-state index contributed by atoms with van der Waals surface area (Å²) in [4.78, 5) is 18.6. The molecule has 106 valence electrons. The second-order valence-corrected chi connectivity index (χ2v) is 5.50. The van der Waals surface area contributed by atoms with Crippen molar-refractivity contribution in [2.45, 2.75) is 18.2 Å². The van der Waals surface area contributed by atoms with E-state index in [-0.39, 0.29) is 11.8 Å². The molecule has 0 radical (unpaired) electrons. The first-order valence-corrected chi connectivity index (χ1v) is 7.04. The molecule has 0 aromatic carbocycles. The molecule has 1 heterocycles. The lowest BCUT2D eigenvalue weighted by Gasteiger charge is -2.12. The molecule has 1 unspecified atom stereocenters. The average Bonchev–Trinajstić information content (AvgIpc) is 2.36. The van der Waals surface area contributed by atoms with Crippen LogP contribution in [0.15, 0.2) is 11.2 Å². The van der Waals surface area contributed by atoms with E-state index in [2.05, 4.69) is 14.7 Å². The third-order valence-corrected chi connectivity index (χ3v) is 2.88. The zero-order chi connectivity index (χ0) is 14.6. The topological polar surface area (TPSA) is 105 Å². The number of esters is 1. The van der Waals surface area contributed by atoms with Gasteiger partial charge < -0.3 is 14.2 Å². The van der Waals surface area contributed by atoms with Crippen molar-refractivity contribution in [2.75, 3.05) is 20.5 Å². The summed E-state index contributed by atoms with van der Waals surface area (Å²) in [5.41, 5.74) is 0. The van der Waals surface area contributed by atoms with E-state index >= 15 is 0 Å². The van der Waals surface area contributed by atoms with E-state index in [0.29, 0.717) is 0 Å². The largest absolute Gasteiger partial charge is 0.481 e. The fourth-order valence-electron chi connectivity index (χ4n) is 1.11. The summed E-state index contributed by atoms with van der Waals surface area (Å²) < 4.78 is 37.3. The third kappa shape index (κ3) is 4.05. The van der Waals surface area contributed by atoms with Gasteiger partial charge in [0, 0.05) is 6.26 Å². The van der Waals surface area contributed by atoms with Crippen LogP contribution in [0.25, 0.3) is 0 Å². The number of hydrogen-bond donors (Lipinski definition) is 0. The Kier molecular flexibility index (Phi) is 4.65. The minimum absolute atomic E-state index is 0.0162. The number of carbonyl (C=O) groups excluding carboxylic acids is 1. The highest BCUT2D eigenvalue weighted by Crippen LogP contribution is 2.19. The lowest BCUT2D eigenvalue weighted by molar-refractivity contribution is -0.148. The lowest BCUT2D eigenvalue weighted by Crippen LogP contribution is -2.25. The molecular weight excluding hydrogens is 276 g/mol. The van der Waals surface area contributed by atoms with Gasteiger partial charge >= 0.3 is 5.97 Å². The number of nitrogens with zero attached hydrogens (tertiary/aromatic N) is 2. The normalized spacial score (nSPS) is 12.6. The molecule has 0 fully saturated rings. The summed E-state index contributed by atoms with van der Waals surface area (Å²) in [5, 5.41) is -0.445. The first-order chi connectivity index (χ1) is 8.77. The first kappa shape index (κ1) is 15.2. The molecule has 0 aliphatic heterocycles. The van der Waals surface area contributed by atoms with Crippen LogP contribution < -0.4 is 9.47 Å². The van der Waals surface area contributed by atoms with Gasteiger partial charge in [-0.2, -0.15) is 9.97 Å². The standard InChI is InChI=1S/C10H14N2O6S/c1-6(9(13)17-3)18-8-5-7(16-2)11-10(12-8)19(4,14)15/h5-6H,1-4H3. The van der Waals surface area contributed by atoms with Gasteiger partial charge in [-0.25, -0.2) is 13.2 Å². The van der Waals surface area contributed by atoms with Crippen LogP contribution in [0.3, 0.4) is 0 Å². The monoisotopic (exact) mass is 290 g/mol. The Morgan fingerprint density at radius 2 is 1.84 bits per heavy atom. The summed E-state index contributed by atoms with van der Waals surface area (Å²) in [6.45, 7) is 1.44. The van der Waals surface area contributed by atoms with Crippen LogP contribution in [0, 0.1) is 0 Å². The predicted molar refractivity (Wildman–Crippen MR) is 63.8 cm³/mol. The maximum Gasteiger partial charge on any atom is 0.346 e. The number of methoxy groups -OCH3 is 2. The van der Waals surface area contributed by atoms with Gasteiger partial charge in [-0.3, -0.25) is 0 Å².